The summed E-state index contributed by atoms with van der Waals surface area (Å²) in [5.74, 6) is -1.13. The van der Waals surface area contributed by atoms with Crippen LogP contribution in [0.25, 0.3) is 0 Å². The molecule has 28 heavy (non-hydrogen) atoms. The molecule has 6 nitrogen and oxygen atoms in total. The van der Waals surface area contributed by atoms with E-state index < -0.39 is 35.7 Å². The second-order valence-corrected chi connectivity index (χ2v) is 8.11. The Hall–Kier alpha value is -2.73. The molecule has 1 aliphatic rings. The van der Waals surface area contributed by atoms with Gasteiger partial charge in [-0.05, 0) is 50.8 Å². The molecule has 3 rings (SSSR count). The van der Waals surface area contributed by atoms with E-state index in [4.69, 9.17) is 4.74 Å². The molecule has 0 unspecified atom stereocenters. The number of aliphatic hydroxyl groups excluding tert-OH is 1. The molecule has 0 bridgehead atoms. The van der Waals surface area contributed by atoms with Gasteiger partial charge in [0.15, 0.2) is 0 Å². The molecule has 1 aromatic carbocycles. The molecule has 0 aliphatic carbocycles. The molecule has 1 saturated heterocycles. The van der Waals surface area contributed by atoms with Gasteiger partial charge >= 0.3 is 6.09 Å². The van der Waals surface area contributed by atoms with Crippen LogP contribution in [0, 0.1) is 5.92 Å². The highest BCUT2D eigenvalue weighted by Crippen LogP contribution is 2.32. The van der Waals surface area contributed by atoms with Gasteiger partial charge in [-0.2, -0.15) is 0 Å². The van der Waals surface area contributed by atoms with Crippen LogP contribution in [0.3, 0.4) is 0 Å². The molecule has 1 N–H and O–H groups in total. The highest BCUT2D eigenvalue weighted by atomic mass is 16.6. The van der Waals surface area contributed by atoms with Crippen LogP contribution < -0.4 is 0 Å². The summed E-state index contributed by atoms with van der Waals surface area (Å²) in [6.45, 7) is 5.25. The molecular formula is C22H26N2O4. The lowest BCUT2D eigenvalue weighted by molar-refractivity contribution is -0.131. The lowest BCUT2D eigenvalue weighted by Crippen LogP contribution is -2.45. The van der Waals surface area contributed by atoms with Gasteiger partial charge in [0.2, 0.25) is 5.91 Å². The fourth-order valence-electron chi connectivity index (χ4n) is 3.49. The van der Waals surface area contributed by atoms with Crippen molar-refractivity contribution in [2.45, 2.75) is 51.4 Å². The lowest BCUT2D eigenvalue weighted by Gasteiger charge is -2.28. The molecule has 2 heterocycles. The van der Waals surface area contributed by atoms with Gasteiger partial charge in [0.1, 0.15) is 5.60 Å². The Balaban J connectivity index is 1.88. The average molecular weight is 382 g/mol. The largest absolute Gasteiger partial charge is 0.443 e. The lowest BCUT2D eigenvalue weighted by atomic mass is 9.92. The smallest absolute Gasteiger partial charge is 0.417 e. The highest BCUT2D eigenvalue weighted by Gasteiger charge is 2.51. The molecule has 0 radical (unpaired) electrons. The van der Waals surface area contributed by atoms with E-state index in [2.05, 4.69) is 4.98 Å². The monoisotopic (exact) mass is 382 g/mol. The molecule has 0 spiro atoms. The number of rotatable bonds is 4. The Labute approximate surface area is 165 Å². The summed E-state index contributed by atoms with van der Waals surface area (Å²) in [6.07, 6.45) is 2.31. The third-order valence-corrected chi connectivity index (χ3v) is 4.75. The van der Waals surface area contributed by atoms with E-state index >= 15 is 0 Å². The van der Waals surface area contributed by atoms with Crippen molar-refractivity contribution in [1.29, 1.82) is 0 Å². The van der Waals surface area contributed by atoms with E-state index in [0.29, 0.717) is 12.8 Å². The van der Waals surface area contributed by atoms with Gasteiger partial charge in [-0.25, -0.2) is 9.69 Å². The topological polar surface area (TPSA) is 79.7 Å². The van der Waals surface area contributed by atoms with E-state index in [9.17, 15) is 14.7 Å². The van der Waals surface area contributed by atoms with E-state index in [1.807, 2.05) is 36.4 Å². The Bertz CT molecular complexity index is 817. The normalized spacial score (nSPS) is 22.4. The number of carbonyl (C=O) groups excluding carboxylic acids is 2. The van der Waals surface area contributed by atoms with Crippen molar-refractivity contribution in [3.05, 3.63) is 66.0 Å². The Morgan fingerprint density at radius 3 is 2.39 bits per heavy atom. The third kappa shape index (κ3) is 4.57. The second-order valence-electron chi connectivity index (χ2n) is 8.11. The van der Waals surface area contributed by atoms with Crippen molar-refractivity contribution >= 4 is 12.0 Å². The number of likely N-dealkylation sites (tertiary alicyclic amines) is 1. The predicted molar refractivity (Wildman–Crippen MR) is 104 cm³/mol. The van der Waals surface area contributed by atoms with Crippen LogP contribution in [-0.2, 0) is 22.4 Å². The summed E-state index contributed by atoms with van der Waals surface area (Å²) >= 11 is 0. The minimum atomic E-state index is -0.986. The Kier molecular flexibility index (Phi) is 5.79. The van der Waals surface area contributed by atoms with Gasteiger partial charge in [0, 0.05) is 12.4 Å². The van der Waals surface area contributed by atoms with Gasteiger partial charge in [-0.1, -0.05) is 36.4 Å². The molecule has 3 atom stereocenters. The first-order valence-electron chi connectivity index (χ1n) is 9.43. The van der Waals surface area contributed by atoms with Gasteiger partial charge in [-0.15, -0.1) is 0 Å². The number of nitrogens with zero attached hydrogens (tertiary/aromatic N) is 2. The molecule has 1 aromatic heterocycles. The zero-order chi connectivity index (χ0) is 20.3. The number of hydrogen-bond acceptors (Lipinski definition) is 5. The number of amides is 2. The number of ether oxygens (including phenoxy) is 1. The first-order valence-corrected chi connectivity index (χ1v) is 9.43. The number of aromatic nitrogens is 1. The number of pyridine rings is 1. The fraction of sp³-hybridized carbons (Fsp3) is 0.409. The molecule has 1 aliphatic heterocycles. The SMILES string of the molecule is CC(C)(C)OC(=O)N1C(=O)[C@@H](Cc2cccnc2)[C@H](O)[C@@H]1Cc1ccccc1. The maximum Gasteiger partial charge on any atom is 0.417 e. The minimum absolute atomic E-state index is 0.318. The zero-order valence-electron chi connectivity index (χ0n) is 16.4. The van der Waals surface area contributed by atoms with E-state index in [-0.39, 0.29) is 0 Å². The standard InChI is InChI=1S/C22H26N2O4/c1-22(2,3)28-21(27)24-18(13-15-8-5-4-6-9-15)19(25)17(20(24)26)12-16-10-7-11-23-14-16/h4-11,14,17-19,25H,12-13H2,1-3H3/t17-,18-,19-/m0/s1. The summed E-state index contributed by atoms with van der Waals surface area (Å²) in [4.78, 5) is 31.0. The first-order chi connectivity index (χ1) is 13.3. The summed E-state index contributed by atoms with van der Waals surface area (Å²) in [5, 5.41) is 11.0. The molecular weight excluding hydrogens is 356 g/mol. The number of aliphatic hydroxyl groups is 1. The summed E-state index contributed by atoms with van der Waals surface area (Å²) in [5.41, 5.74) is 1.04. The van der Waals surface area contributed by atoms with Gasteiger partial charge < -0.3 is 9.84 Å². The summed E-state index contributed by atoms with van der Waals surface area (Å²) < 4.78 is 5.45. The molecule has 1 fully saturated rings. The van der Waals surface area contributed by atoms with Gasteiger partial charge in [0.25, 0.3) is 0 Å². The van der Waals surface area contributed by atoms with Crippen LogP contribution in [0.2, 0.25) is 0 Å². The van der Waals surface area contributed by atoms with E-state index in [0.717, 1.165) is 16.0 Å². The molecule has 2 aromatic rings. The maximum absolute atomic E-state index is 13.1. The van der Waals surface area contributed by atoms with Gasteiger partial charge in [-0.3, -0.25) is 9.78 Å². The Morgan fingerprint density at radius 1 is 1.11 bits per heavy atom. The van der Waals surface area contributed by atoms with Gasteiger partial charge in [0.05, 0.1) is 18.1 Å². The minimum Gasteiger partial charge on any atom is -0.443 e. The van der Waals surface area contributed by atoms with Crippen molar-refractivity contribution in [2.24, 2.45) is 5.92 Å². The molecule has 2 amide bonds. The Morgan fingerprint density at radius 2 is 1.79 bits per heavy atom. The van der Waals surface area contributed by atoms with Crippen LogP contribution in [0.1, 0.15) is 31.9 Å². The quantitative estimate of drug-likeness (QED) is 0.879. The average Bonchev–Trinajstić information content (AvgIpc) is 2.86. The summed E-state index contributed by atoms with van der Waals surface area (Å²) in [6, 6.07) is 12.5. The van der Waals surface area contributed by atoms with Crippen molar-refractivity contribution in [1.82, 2.24) is 9.88 Å². The number of hydrogen-bond donors (Lipinski definition) is 1. The van der Waals surface area contributed by atoms with Crippen molar-refractivity contribution in [3.8, 4) is 0 Å². The zero-order valence-corrected chi connectivity index (χ0v) is 16.4. The van der Waals surface area contributed by atoms with E-state index in [1.54, 1.807) is 39.2 Å². The first kappa shape index (κ1) is 20.0. The fourth-order valence-corrected chi connectivity index (χ4v) is 3.49. The maximum atomic E-state index is 13.1. The van der Waals surface area contributed by atoms with Crippen molar-refractivity contribution in [3.63, 3.8) is 0 Å². The van der Waals surface area contributed by atoms with Crippen molar-refractivity contribution < 1.29 is 19.4 Å². The number of carbonyl (C=O) groups is 2. The van der Waals surface area contributed by atoms with Crippen LogP contribution in [-0.4, -0.2) is 44.7 Å². The summed E-state index contributed by atoms with van der Waals surface area (Å²) in [7, 11) is 0. The van der Waals surface area contributed by atoms with Crippen molar-refractivity contribution in [2.75, 3.05) is 0 Å². The molecule has 148 valence electrons. The molecule has 6 heteroatoms. The van der Waals surface area contributed by atoms with Crippen LogP contribution in [0.5, 0.6) is 0 Å². The third-order valence-electron chi connectivity index (χ3n) is 4.75. The number of imide groups is 1. The van der Waals surface area contributed by atoms with Crippen LogP contribution >= 0.6 is 0 Å². The second kappa shape index (κ2) is 8.10. The highest BCUT2D eigenvalue weighted by molar-refractivity contribution is 5.96. The molecule has 0 saturated carbocycles. The van der Waals surface area contributed by atoms with E-state index in [1.165, 1.54) is 0 Å². The van der Waals surface area contributed by atoms with Crippen LogP contribution in [0.15, 0.2) is 54.9 Å². The number of benzene rings is 1. The van der Waals surface area contributed by atoms with Crippen LogP contribution in [0.4, 0.5) is 4.79 Å². The predicted octanol–water partition coefficient (Wildman–Crippen LogP) is 2.99.